The highest BCUT2D eigenvalue weighted by Gasteiger charge is 2.17. The minimum Gasteiger partial charge on any atom is -0.490 e. The standard InChI is InChI=1S/C16H21NO5/c18-15(19)11-21-9-8-17-16(20)12-4-3-7-14(10-12)22-13-5-1-2-6-13/h3-4,7,10,13H,1-2,5-6,8-9,11H2,(H,17,20)(H,18,19). The van der Waals surface area contributed by atoms with Gasteiger partial charge < -0.3 is 19.9 Å². The van der Waals surface area contributed by atoms with Crippen molar-refractivity contribution in [3.8, 4) is 5.75 Å². The lowest BCUT2D eigenvalue weighted by molar-refractivity contribution is -0.142. The maximum Gasteiger partial charge on any atom is 0.329 e. The molecule has 1 saturated carbocycles. The van der Waals surface area contributed by atoms with Gasteiger partial charge in [0, 0.05) is 12.1 Å². The predicted octanol–water partition coefficient (Wildman–Crippen LogP) is 1.84. The van der Waals surface area contributed by atoms with Crippen molar-refractivity contribution in [2.75, 3.05) is 19.8 Å². The number of ether oxygens (including phenoxy) is 2. The molecule has 0 aliphatic heterocycles. The third-order valence-corrected chi connectivity index (χ3v) is 3.46. The summed E-state index contributed by atoms with van der Waals surface area (Å²) in [7, 11) is 0. The smallest absolute Gasteiger partial charge is 0.329 e. The molecule has 1 amide bonds. The van der Waals surface area contributed by atoms with Crippen molar-refractivity contribution < 1.29 is 24.2 Å². The van der Waals surface area contributed by atoms with E-state index in [-0.39, 0.29) is 31.8 Å². The zero-order valence-electron chi connectivity index (χ0n) is 12.4. The molecule has 1 fully saturated rings. The van der Waals surface area contributed by atoms with E-state index in [0.717, 1.165) is 12.8 Å². The van der Waals surface area contributed by atoms with E-state index in [1.807, 2.05) is 6.07 Å². The molecule has 0 atom stereocenters. The molecule has 22 heavy (non-hydrogen) atoms. The van der Waals surface area contributed by atoms with Gasteiger partial charge in [-0.25, -0.2) is 4.79 Å². The molecule has 1 aromatic carbocycles. The quantitative estimate of drug-likeness (QED) is 0.716. The second-order valence-electron chi connectivity index (χ2n) is 5.25. The summed E-state index contributed by atoms with van der Waals surface area (Å²) in [4.78, 5) is 22.3. The van der Waals surface area contributed by atoms with E-state index in [2.05, 4.69) is 5.32 Å². The van der Waals surface area contributed by atoms with Gasteiger partial charge in [-0.2, -0.15) is 0 Å². The average molecular weight is 307 g/mol. The van der Waals surface area contributed by atoms with Crippen LogP contribution in [-0.4, -0.2) is 42.8 Å². The number of amides is 1. The number of aliphatic carboxylic acids is 1. The molecule has 6 heteroatoms. The van der Waals surface area contributed by atoms with E-state index in [9.17, 15) is 9.59 Å². The third kappa shape index (κ3) is 5.37. The minimum absolute atomic E-state index is 0.163. The van der Waals surface area contributed by atoms with Gasteiger partial charge in [-0.3, -0.25) is 4.79 Å². The van der Waals surface area contributed by atoms with Crippen molar-refractivity contribution in [3.05, 3.63) is 29.8 Å². The van der Waals surface area contributed by atoms with E-state index >= 15 is 0 Å². The Morgan fingerprint density at radius 1 is 1.27 bits per heavy atom. The highest BCUT2D eigenvalue weighted by molar-refractivity contribution is 5.94. The zero-order valence-corrected chi connectivity index (χ0v) is 12.4. The summed E-state index contributed by atoms with van der Waals surface area (Å²) in [6.07, 6.45) is 4.78. The molecule has 1 aliphatic carbocycles. The van der Waals surface area contributed by atoms with Crippen LogP contribution < -0.4 is 10.1 Å². The van der Waals surface area contributed by atoms with Crippen LogP contribution in [0.3, 0.4) is 0 Å². The first kappa shape index (κ1) is 16.3. The van der Waals surface area contributed by atoms with Crippen LogP contribution in [0.15, 0.2) is 24.3 Å². The van der Waals surface area contributed by atoms with Crippen molar-refractivity contribution in [3.63, 3.8) is 0 Å². The molecular weight excluding hydrogens is 286 g/mol. The lowest BCUT2D eigenvalue weighted by atomic mass is 10.2. The summed E-state index contributed by atoms with van der Waals surface area (Å²) in [6, 6.07) is 7.09. The van der Waals surface area contributed by atoms with Gasteiger partial charge in [0.1, 0.15) is 12.4 Å². The number of carboxylic acid groups (broad SMARTS) is 1. The summed E-state index contributed by atoms with van der Waals surface area (Å²) in [5.74, 6) is -0.541. The van der Waals surface area contributed by atoms with E-state index in [1.165, 1.54) is 12.8 Å². The fraction of sp³-hybridized carbons (Fsp3) is 0.500. The SMILES string of the molecule is O=C(O)COCCNC(=O)c1cccc(OC2CCCC2)c1. The first-order valence-electron chi connectivity index (χ1n) is 7.49. The first-order valence-corrected chi connectivity index (χ1v) is 7.49. The molecule has 2 N–H and O–H groups in total. The molecule has 0 unspecified atom stereocenters. The van der Waals surface area contributed by atoms with Gasteiger partial charge in [-0.05, 0) is 43.9 Å². The van der Waals surface area contributed by atoms with E-state index < -0.39 is 5.97 Å². The van der Waals surface area contributed by atoms with E-state index in [4.69, 9.17) is 14.6 Å². The minimum atomic E-state index is -1.02. The van der Waals surface area contributed by atoms with Crippen LogP contribution in [0, 0.1) is 0 Å². The maximum absolute atomic E-state index is 12.0. The number of carboxylic acids is 1. The summed E-state index contributed by atoms with van der Waals surface area (Å²) in [6.45, 7) is 0.0662. The Balaban J connectivity index is 1.78. The van der Waals surface area contributed by atoms with Gasteiger partial charge in [-0.15, -0.1) is 0 Å². The topological polar surface area (TPSA) is 84.9 Å². The van der Waals surface area contributed by atoms with E-state index in [1.54, 1.807) is 18.2 Å². The van der Waals surface area contributed by atoms with Crippen LogP contribution in [0.2, 0.25) is 0 Å². The van der Waals surface area contributed by atoms with Crippen molar-refractivity contribution in [1.29, 1.82) is 0 Å². The molecule has 0 radical (unpaired) electrons. The number of hydrogen-bond acceptors (Lipinski definition) is 4. The first-order chi connectivity index (χ1) is 10.6. The Kier molecular flexibility index (Phi) is 6.21. The number of rotatable bonds is 8. The zero-order chi connectivity index (χ0) is 15.8. The van der Waals surface area contributed by atoms with Crippen molar-refractivity contribution in [2.45, 2.75) is 31.8 Å². The monoisotopic (exact) mass is 307 g/mol. The fourth-order valence-electron chi connectivity index (χ4n) is 2.41. The molecule has 1 aromatic rings. The number of carbonyl (C=O) groups excluding carboxylic acids is 1. The molecule has 120 valence electrons. The summed E-state index contributed by atoms with van der Waals surface area (Å²) in [5.41, 5.74) is 0.522. The number of nitrogens with one attached hydrogen (secondary N) is 1. The maximum atomic E-state index is 12.0. The summed E-state index contributed by atoms with van der Waals surface area (Å²) in [5, 5.41) is 11.1. The normalized spacial score (nSPS) is 14.7. The lowest BCUT2D eigenvalue weighted by Crippen LogP contribution is -2.28. The third-order valence-electron chi connectivity index (χ3n) is 3.46. The second-order valence-corrected chi connectivity index (χ2v) is 5.25. The molecule has 2 rings (SSSR count). The van der Waals surface area contributed by atoms with Gasteiger partial charge >= 0.3 is 5.97 Å². The summed E-state index contributed by atoms with van der Waals surface area (Å²) >= 11 is 0. The Morgan fingerprint density at radius 3 is 2.77 bits per heavy atom. The fourth-order valence-corrected chi connectivity index (χ4v) is 2.41. The van der Waals surface area contributed by atoms with Crippen LogP contribution in [0.5, 0.6) is 5.75 Å². The molecule has 0 saturated heterocycles. The Bertz CT molecular complexity index is 511. The highest BCUT2D eigenvalue weighted by Crippen LogP contribution is 2.24. The van der Waals surface area contributed by atoms with Crippen molar-refractivity contribution in [2.24, 2.45) is 0 Å². The Labute approximate surface area is 129 Å². The second kappa shape index (κ2) is 8.38. The van der Waals surface area contributed by atoms with Crippen molar-refractivity contribution >= 4 is 11.9 Å². The predicted molar refractivity (Wildman–Crippen MR) is 80.1 cm³/mol. The van der Waals surface area contributed by atoms with Crippen molar-refractivity contribution in [1.82, 2.24) is 5.32 Å². The summed E-state index contributed by atoms with van der Waals surface area (Å²) < 4.78 is 10.7. The molecule has 0 spiro atoms. The van der Waals surface area contributed by atoms with Gasteiger partial charge in [0.15, 0.2) is 0 Å². The van der Waals surface area contributed by atoms with Crippen LogP contribution in [0.4, 0.5) is 0 Å². The van der Waals surface area contributed by atoms with Gasteiger partial charge in [0.2, 0.25) is 0 Å². The number of hydrogen-bond donors (Lipinski definition) is 2. The molecular formula is C16H21NO5. The van der Waals surface area contributed by atoms with Crippen LogP contribution >= 0.6 is 0 Å². The molecule has 0 heterocycles. The lowest BCUT2D eigenvalue weighted by Gasteiger charge is -2.13. The largest absolute Gasteiger partial charge is 0.490 e. The Morgan fingerprint density at radius 2 is 2.05 bits per heavy atom. The molecule has 0 bridgehead atoms. The van der Waals surface area contributed by atoms with Crippen LogP contribution in [0.25, 0.3) is 0 Å². The highest BCUT2D eigenvalue weighted by atomic mass is 16.5. The average Bonchev–Trinajstić information content (AvgIpc) is 2.99. The Hall–Kier alpha value is -2.08. The number of benzene rings is 1. The van der Waals surface area contributed by atoms with Gasteiger partial charge in [0.05, 0.1) is 12.7 Å². The molecule has 6 nitrogen and oxygen atoms in total. The van der Waals surface area contributed by atoms with Gasteiger partial charge in [0.25, 0.3) is 5.91 Å². The van der Waals surface area contributed by atoms with Crippen LogP contribution in [-0.2, 0) is 9.53 Å². The molecule has 0 aromatic heterocycles. The molecule has 1 aliphatic rings. The van der Waals surface area contributed by atoms with Crippen LogP contribution in [0.1, 0.15) is 36.0 Å². The van der Waals surface area contributed by atoms with Gasteiger partial charge in [-0.1, -0.05) is 6.07 Å². The van der Waals surface area contributed by atoms with E-state index in [0.29, 0.717) is 11.3 Å². The number of carbonyl (C=O) groups is 2.